The van der Waals surface area contributed by atoms with Gasteiger partial charge in [0.25, 0.3) is 0 Å². The molecule has 0 unspecified atom stereocenters. The van der Waals surface area contributed by atoms with E-state index in [0.29, 0.717) is 17.8 Å². The van der Waals surface area contributed by atoms with Gasteiger partial charge in [-0.15, -0.1) is 0 Å². The van der Waals surface area contributed by atoms with Gasteiger partial charge in [-0.2, -0.15) is 18.8 Å². The van der Waals surface area contributed by atoms with Crippen LogP contribution in [0.15, 0.2) is 49.1 Å². The molecule has 2 N–H and O–H groups in total. The molecule has 6 heteroatoms. The van der Waals surface area contributed by atoms with Gasteiger partial charge in [0, 0.05) is 31.2 Å². The molecule has 2 rings (SSSR count). The smallest absolute Gasteiger partial charge is 0.0772 e. The Kier molecular flexibility index (Phi) is 9.83. The number of pyridine rings is 2. The number of hydrogen-bond donors (Lipinski definition) is 1. The minimum Gasteiger partial charge on any atom is -0.393 e. The number of nitriles is 1. The zero-order chi connectivity index (χ0) is 13.9. The zero-order valence-electron chi connectivity index (χ0n) is 10.9. The van der Waals surface area contributed by atoms with E-state index in [9.17, 15) is 0 Å². The lowest BCUT2D eigenvalue weighted by molar-refractivity contribution is 1.19. The maximum atomic E-state index is 8.24. The van der Waals surface area contributed by atoms with Crippen molar-refractivity contribution in [2.45, 2.75) is 12.8 Å². The van der Waals surface area contributed by atoms with Crippen LogP contribution in [0.4, 0.5) is 0 Å². The molecule has 0 atom stereocenters. The van der Waals surface area contributed by atoms with Crippen molar-refractivity contribution in [2.75, 3.05) is 0 Å². The highest BCUT2D eigenvalue weighted by molar-refractivity contribution is 7.80. The molecule has 0 aliphatic rings. The lowest BCUT2D eigenvalue weighted by Crippen LogP contribution is -2.10. The summed E-state index contributed by atoms with van der Waals surface area (Å²) in [5.41, 5.74) is 7.37. The Labute approximate surface area is 131 Å². The number of thiocarbonyl (C=S) groups is 1. The third kappa shape index (κ3) is 8.19. The van der Waals surface area contributed by atoms with Crippen molar-refractivity contribution in [1.29, 1.82) is 5.26 Å². The van der Waals surface area contributed by atoms with Gasteiger partial charge in [0.1, 0.15) is 0 Å². The Morgan fingerprint density at radius 2 is 1.70 bits per heavy atom. The van der Waals surface area contributed by atoms with E-state index in [-0.39, 0.29) is 13.5 Å². The fourth-order valence-corrected chi connectivity index (χ4v) is 1.46. The Hall–Kier alpha value is -1.97. The Morgan fingerprint density at radius 3 is 2.10 bits per heavy atom. The molecule has 4 nitrogen and oxygen atoms in total. The first kappa shape index (κ1) is 18.0. The number of nitrogens with two attached hydrogens (primary N) is 1. The van der Waals surface area contributed by atoms with Crippen molar-refractivity contribution < 1.29 is 0 Å². The molecule has 2 aromatic heterocycles. The van der Waals surface area contributed by atoms with Gasteiger partial charge < -0.3 is 5.73 Å². The summed E-state index contributed by atoms with van der Waals surface area (Å²) in [6.07, 6.45) is 7.98. The predicted molar refractivity (Wildman–Crippen MR) is 88.7 cm³/mol. The third-order valence-electron chi connectivity index (χ3n) is 2.11. The van der Waals surface area contributed by atoms with Crippen molar-refractivity contribution in [2.24, 2.45) is 5.73 Å². The van der Waals surface area contributed by atoms with Gasteiger partial charge in [0.2, 0.25) is 0 Å². The number of nitrogens with zero attached hydrogens (tertiary/aromatic N) is 3. The second-order valence-corrected chi connectivity index (χ2v) is 4.22. The Morgan fingerprint density at radius 1 is 1.15 bits per heavy atom. The molecule has 0 bridgehead atoms. The van der Waals surface area contributed by atoms with E-state index < -0.39 is 0 Å². The summed E-state index contributed by atoms with van der Waals surface area (Å²) >= 11 is 4.73. The van der Waals surface area contributed by atoms with Crippen LogP contribution in [-0.2, 0) is 12.8 Å². The molecule has 104 valence electrons. The SMILES string of the molecule is N#CCc1cccnc1.NC(=S)Cc1cccnc1.S. The fraction of sp³-hybridized carbons (Fsp3) is 0.143. The van der Waals surface area contributed by atoms with Crippen molar-refractivity contribution in [3.05, 3.63) is 60.2 Å². The monoisotopic (exact) mass is 304 g/mol. The first-order valence-corrected chi connectivity index (χ1v) is 6.06. The van der Waals surface area contributed by atoms with E-state index in [1.165, 1.54) is 0 Å². The van der Waals surface area contributed by atoms with Crippen molar-refractivity contribution in [3.8, 4) is 6.07 Å². The minimum absolute atomic E-state index is 0. The molecule has 0 saturated carbocycles. The second-order valence-electron chi connectivity index (χ2n) is 3.70. The molecule has 0 fully saturated rings. The van der Waals surface area contributed by atoms with Crippen LogP contribution in [0.25, 0.3) is 0 Å². The average molecular weight is 304 g/mol. The van der Waals surface area contributed by atoms with Crippen LogP contribution in [0.5, 0.6) is 0 Å². The van der Waals surface area contributed by atoms with E-state index in [1.807, 2.05) is 30.3 Å². The summed E-state index contributed by atoms with van der Waals surface area (Å²) in [6.45, 7) is 0. The molecular formula is C14H16N4S2. The van der Waals surface area contributed by atoms with Gasteiger partial charge in [0.15, 0.2) is 0 Å². The molecule has 2 aromatic rings. The number of hydrogen-bond acceptors (Lipinski definition) is 4. The van der Waals surface area contributed by atoms with Gasteiger partial charge in [-0.25, -0.2) is 0 Å². The summed E-state index contributed by atoms with van der Waals surface area (Å²) < 4.78 is 0. The lowest BCUT2D eigenvalue weighted by atomic mass is 10.2. The first-order valence-electron chi connectivity index (χ1n) is 5.65. The molecule has 0 amide bonds. The summed E-state index contributed by atoms with van der Waals surface area (Å²) in [5.74, 6) is 0. The quantitative estimate of drug-likeness (QED) is 0.880. The third-order valence-corrected chi connectivity index (χ3v) is 2.25. The van der Waals surface area contributed by atoms with Crippen LogP contribution in [0.1, 0.15) is 11.1 Å². The van der Waals surface area contributed by atoms with Gasteiger partial charge in [0.05, 0.1) is 17.5 Å². The molecule has 0 spiro atoms. The van der Waals surface area contributed by atoms with Crippen LogP contribution in [0.3, 0.4) is 0 Å². The van der Waals surface area contributed by atoms with Crippen molar-refractivity contribution in [1.82, 2.24) is 9.97 Å². The number of aromatic nitrogens is 2. The largest absolute Gasteiger partial charge is 0.393 e. The Bertz CT molecular complexity index is 538. The molecule has 0 aliphatic carbocycles. The van der Waals surface area contributed by atoms with E-state index in [0.717, 1.165) is 11.1 Å². The summed E-state index contributed by atoms with van der Waals surface area (Å²) in [5, 5.41) is 8.24. The molecular weight excluding hydrogens is 288 g/mol. The summed E-state index contributed by atoms with van der Waals surface area (Å²) in [7, 11) is 0. The van der Waals surface area contributed by atoms with Crippen LogP contribution in [0, 0.1) is 11.3 Å². The molecule has 2 heterocycles. The van der Waals surface area contributed by atoms with E-state index >= 15 is 0 Å². The highest BCUT2D eigenvalue weighted by Crippen LogP contribution is 1.96. The van der Waals surface area contributed by atoms with Gasteiger partial charge in [-0.3, -0.25) is 9.97 Å². The van der Waals surface area contributed by atoms with E-state index in [1.54, 1.807) is 24.8 Å². The average Bonchev–Trinajstić information content (AvgIpc) is 2.41. The molecule has 0 aromatic carbocycles. The van der Waals surface area contributed by atoms with Crippen LogP contribution >= 0.6 is 25.7 Å². The zero-order valence-corrected chi connectivity index (χ0v) is 12.7. The van der Waals surface area contributed by atoms with E-state index in [4.69, 9.17) is 23.2 Å². The van der Waals surface area contributed by atoms with Gasteiger partial charge in [-0.05, 0) is 23.3 Å². The van der Waals surface area contributed by atoms with Crippen LogP contribution < -0.4 is 5.73 Å². The molecule has 20 heavy (non-hydrogen) atoms. The maximum Gasteiger partial charge on any atom is 0.0772 e. The van der Waals surface area contributed by atoms with Crippen molar-refractivity contribution in [3.63, 3.8) is 0 Å². The highest BCUT2D eigenvalue weighted by Gasteiger charge is 1.91. The minimum atomic E-state index is 0. The number of rotatable bonds is 3. The standard InChI is InChI=1S/C7H8N2S.C7H6N2.H2S/c8-7(10)4-6-2-1-3-9-5-6;8-4-3-7-2-1-5-9-6-7;/h1-3,5H,4H2,(H2,8,10);1-2,5-6H,3H2;1H2. The highest BCUT2D eigenvalue weighted by atomic mass is 32.1. The van der Waals surface area contributed by atoms with Gasteiger partial charge >= 0.3 is 0 Å². The summed E-state index contributed by atoms with van der Waals surface area (Å²) in [4.78, 5) is 8.28. The maximum absolute atomic E-state index is 8.24. The van der Waals surface area contributed by atoms with Crippen LogP contribution in [0.2, 0.25) is 0 Å². The van der Waals surface area contributed by atoms with E-state index in [2.05, 4.69) is 9.97 Å². The molecule has 0 saturated heterocycles. The van der Waals surface area contributed by atoms with Crippen LogP contribution in [-0.4, -0.2) is 15.0 Å². The first-order chi connectivity index (χ1) is 9.22. The van der Waals surface area contributed by atoms with Gasteiger partial charge in [-0.1, -0.05) is 24.4 Å². The molecule has 0 aliphatic heterocycles. The molecule has 0 radical (unpaired) electrons. The topological polar surface area (TPSA) is 75.6 Å². The Balaban J connectivity index is 0.000000345. The predicted octanol–water partition coefficient (Wildman–Crippen LogP) is 2.17. The van der Waals surface area contributed by atoms with Crippen molar-refractivity contribution >= 4 is 30.7 Å². The summed E-state index contributed by atoms with van der Waals surface area (Å²) in [6, 6.07) is 9.57. The normalized spacial score (nSPS) is 8.35. The second kappa shape index (κ2) is 10.9. The lowest BCUT2D eigenvalue weighted by Gasteiger charge is -1.95. The fourth-order valence-electron chi connectivity index (χ4n) is 1.30.